The van der Waals surface area contributed by atoms with Gasteiger partial charge in [-0.2, -0.15) is 0 Å². The van der Waals surface area contributed by atoms with Gasteiger partial charge in [0.2, 0.25) is 5.91 Å². The number of rotatable bonds is 5. The third-order valence-electron chi connectivity index (χ3n) is 4.01. The number of hydrogen-bond acceptors (Lipinski definition) is 2. The maximum atomic E-state index is 12.4. The van der Waals surface area contributed by atoms with Crippen LogP contribution in [0.3, 0.4) is 0 Å². The van der Waals surface area contributed by atoms with Crippen molar-refractivity contribution in [1.82, 2.24) is 0 Å². The Balaban J connectivity index is 1.75. The molecule has 0 radical (unpaired) electrons. The SMILES string of the molecule is O=C(O)CN(C(=O)C1CC1C1CC1)c1ccccc1. The molecule has 100 valence electrons. The number of para-hydroxylation sites is 1. The molecule has 4 nitrogen and oxygen atoms in total. The highest BCUT2D eigenvalue weighted by atomic mass is 16.4. The normalized spacial score (nSPS) is 24.8. The standard InChI is InChI=1S/C15H17NO3/c17-14(18)9-16(11-4-2-1-3-5-11)15(19)13-8-12(13)10-6-7-10/h1-5,10,12-13H,6-9H2,(H,17,18). The molecular formula is C15H17NO3. The number of benzene rings is 1. The van der Waals surface area contributed by atoms with Gasteiger partial charge in [-0.15, -0.1) is 0 Å². The van der Waals surface area contributed by atoms with Gasteiger partial charge in [-0.1, -0.05) is 18.2 Å². The Hall–Kier alpha value is -1.84. The smallest absolute Gasteiger partial charge is 0.323 e. The van der Waals surface area contributed by atoms with E-state index in [1.54, 1.807) is 12.1 Å². The zero-order valence-electron chi connectivity index (χ0n) is 10.7. The lowest BCUT2D eigenvalue weighted by atomic mass is 10.2. The van der Waals surface area contributed by atoms with Crippen molar-refractivity contribution in [2.75, 3.05) is 11.4 Å². The summed E-state index contributed by atoms with van der Waals surface area (Å²) in [6, 6.07) is 9.08. The largest absolute Gasteiger partial charge is 0.480 e. The second kappa shape index (κ2) is 4.68. The molecule has 2 aliphatic rings. The summed E-state index contributed by atoms with van der Waals surface area (Å²) < 4.78 is 0. The lowest BCUT2D eigenvalue weighted by Crippen LogP contribution is -2.37. The maximum Gasteiger partial charge on any atom is 0.323 e. The number of nitrogens with zero attached hydrogens (tertiary/aromatic N) is 1. The van der Waals surface area contributed by atoms with Crippen molar-refractivity contribution in [2.24, 2.45) is 17.8 Å². The molecule has 0 spiro atoms. The van der Waals surface area contributed by atoms with Crippen molar-refractivity contribution < 1.29 is 14.7 Å². The highest BCUT2D eigenvalue weighted by molar-refractivity contribution is 6.00. The summed E-state index contributed by atoms with van der Waals surface area (Å²) in [4.78, 5) is 24.8. The number of carboxylic acid groups (broad SMARTS) is 1. The third-order valence-corrected chi connectivity index (χ3v) is 4.01. The van der Waals surface area contributed by atoms with E-state index >= 15 is 0 Å². The predicted octanol–water partition coefficient (Wildman–Crippen LogP) is 2.15. The average molecular weight is 259 g/mol. The Labute approximate surface area is 112 Å². The molecule has 2 unspecified atom stereocenters. The molecular weight excluding hydrogens is 242 g/mol. The molecule has 0 aromatic heterocycles. The second-order valence-electron chi connectivity index (χ2n) is 5.50. The number of hydrogen-bond donors (Lipinski definition) is 1. The van der Waals surface area contributed by atoms with Crippen LogP contribution in [0.2, 0.25) is 0 Å². The minimum atomic E-state index is -0.971. The Morgan fingerprint density at radius 2 is 1.89 bits per heavy atom. The van der Waals surface area contributed by atoms with Crippen molar-refractivity contribution in [3.05, 3.63) is 30.3 Å². The van der Waals surface area contributed by atoms with Crippen molar-refractivity contribution in [1.29, 1.82) is 0 Å². The molecule has 19 heavy (non-hydrogen) atoms. The molecule has 2 fully saturated rings. The second-order valence-corrected chi connectivity index (χ2v) is 5.50. The van der Waals surface area contributed by atoms with Crippen LogP contribution in [0, 0.1) is 17.8 Å². The Morgan fingerprint density at radius 1 is 1.21 bits per heavy atom. The minimum absolute atomic E-state index is 0.0227. The lowest BCUT2D eigenvalue weighted by molar-refractivity contribution is -0.136. The van der Waals surface area contributed by atoms with Crippen molar-refractivity contribution >= 4 is 17.6 Å². The lowest BCUT2D eigenvalue weighted by Gasteiger charge is -2.21. The summed E-state index contributed by atoms with van der Waals surface area (Å²) in [5, 5.41) is 8.99. The third kappa shape index (κ3) is 2.62. The summed E-state index contributed by atoms with van der Waals surface area (Å²) in [5.41, 5.74) is 0.677. The molecule has 3 rings (SSSR count). The molecule has 2 atom stereocenters. The molecule has 0 saturated heterocycles. The number of carbonyl (C=O) groups is 2. The zero-order valence-corrected chi connectivity index (χ0v) is 10.7. The van der Waals surface area contributed by atoms with Crippen LogP contribution in [0.5, 0.6) is 0 Å². The predicted molar refractivity (Wildman–Crippen MR) is 70.8 cm³/mol. The van der Waals surface area contributed by atoms with Crippen LogP contribution in [0.15, 0.2) is 30.3 Å². The number of carboxylic acids is 1. The van der Waals surface area contributed by atoms with Crippen LogP contribution in [0.25, 0.3) is 0 Å². The van der Waals surface area contributed by atoms with Crippen LogP contribution < -0.4 is 4.90 Å². The van der Waals surface area contributed by atoms with Crippen LogP contribution >= 0.6 is 0 Å². The average Bonchev–Trinajstić information content (AvgIpc) is 3.27. The quantitative estimate of drug-likeness (QED) is 0.881. The van der Waals surface area contributed by atoms with Crippen LogP contribution in [0.4, 0.5) is 5.69 Å². The van der Waals surface area contributed by atoms with E-state index in [4.69, 9.17) is 5.11 Å². The van der Waals surface area contributed by atoms with Gasteiger partial charge in [0, 0.05) is 11.6 Å². The first-order chi connectivity index (χ1) is 9.16. The number of aliphatic carboxylic acids is 1. The first kappa shape index (κ1) is 12.2. The summed E-state index contributed by atoms with van der Waals surface area (Å²) >= 11 is 0. The van der Waals surface area contributed by atoms with E-state index in [1.807, 2.05) is 18.2 Å². The van der Waals surface area contributed by atoms with Gasteiger partial charge in [-0.05, 0) is 43.2 Å². The van der Waals surface area contributed by atoms with Gasteiger partial charge in [0.15, 0.2) is 0 Å². The highest BCUT2D eigenvalue weighted by Crippen LogP contribution is 2.55. The number of amides is 1. The fourth-order valence-corrected chi connectivity index (χ4v) is 2.78. The number of carbonyl (C=O) groups excluding carboxylic acids is 1. The maximum absolute atomic E-state index is 12.4. The molecule has 2 saturated carbocycles. The van der Waals surface area contributed by atoms with Crippen molar-refractivity contribution in [3.8, 4) is 0 Å². The summed E-state index contributed by atoms with van der Waals surface area (Å²) in [5.74, 6) is 0.280. The van der Waals surface area contributed by atoms with E-state index < -0.39 is 5.97 Å². The Bertz CT molecular complexity index is 495. The first-order valence-corrected chi connectivity index (χ1v) is 6.75. The molecule has 0 aliphatic heterocycles. The Morgan fingerprint density at radius 3 is 2.47 bits per heavy atom. The topological polar surface area (TPSA) is 57.6 Å². The Kier molecular flexibility index (Phi) is 3.01. The molecule has 1 N–H and O–H groups in total. The summed E-state index contributed by atoms with van der Waals surface area (Å²) in [7, 11) is 0. The van der Waals surface area contributed by atoms with Crippen LogP contribution in [0.1, 0.15) is 19.3 Å². The van der Waals surface area contributed by atoms with Gasteiger partial charge in [0.05, 0.1) is 0 Å². The van der Waals surface area contributed by atoms with Gasteiger partial charge in [0.25, 0.3) is 0 Å². The minimum Gasteiger partial charge on any atom is -0.480 e. The van der Waals surface area contributed by atoms with Gasteiger partial charge >= 0.3 is 5.97 Å². The monoisotopic (exact) mass is 259 g/mol. The first-order valence-electron chi connectivity index (χ1n) is 6.75. The van der Waals surface area contributed by atoms with Crippen LogP contribution in [-0.2, 0) is 9.59 Å². The fraction of sp³-hybridized carbons (Fsp3) is 0.467. The zero-order chi connectivity index (χ0) is 13.4. The van der Waals surface area contributed by atoms with Gasteiger partial charge in [-0.25, -0.2) is 0 Å². The molecule has 1 amide bonds. The molecule has 0 heterocycles. The molecule has 2 aliphatic carbocycles. The fourth-order valence-electron chi connectivity index (χ4n) is 2.78. The van der Waals surface area contributed by atoms with E-state index in [1.165, 1.54) is 17.7 Å². The van der Waals surface area contributed by atoms with E-state index in [-0.39, 0.29) is 18.4 Å². The van der Waals surface area contributed by atoms with Crippen molar-refractivity contribution in [2.45, 2.75) is 19.3 Å². The van der Waals surface area contributed by atoms with Crippen molar-refractivity contribution in [3.63, 3.8) is 0 Å². The van der Waals surface area contributed by atoms with E-state index in [2.05, 4.69) is 0 Å². The van der Waals surface area contributed by atoms with Gasteiger partial charge < -0.3 is 10.0 Å². The van der Waals surface area contributed by atoms with E-state index in [0.29, 0.717) is 11.6 Å². The summed E-state index contributed by atoms with van der Waals surface area (Å²) in [6.45, 7) is -0.253. The molecule has 0 bridgehead atoms. The van der Waals surface area contributed by atoms with Crippen LogP contribution in [-0.4, -0.2) is 23.5 Å². The van der Waals surface area contributed by atoms with E-state index in [9.17, 15) is 9.59 Å². The van der Waals surface area contributed by atoms with E-state index in [0.717, 1.165) is 12.3 Å². The molecule has 1 aromatic carbocycles. The highest BCUT2D eigenvalue weighted by Gasteiger charge is 2.52. The molecule has 1 aromatic rings. The summed E-state index contributed by atoms with van der Waals surface area (Å²) in [6.07, 6.45) is 3.41. The van der Waals surface area contributed by atoms with Gasteiger partial charge in [-0.3, -0.25) is 9.59 Å². The van der Waals surface area contributed by atoms with Gasteiger partial charge in [0.1, 0.15) is 6.54 Å². The number of anilines is 1. The molecule has 4 heteroatoms.